The minimum atomic E-state index is 0.443. The molecule has 0 aliphatic carbocycles. The molecular weight excluding hydrogens is 346 g/mol. The number of oxime groups is 1. The van der Waals surface area contributed by atoms with E-state index in [2.05, 4.69) is 34.9 Å². The molecule has 0 saturated heterocycles. The normalized spacial score (nSPS) is 10.9. The number of hydrogen-bond acceptors (Lipinski definition) is 4. The Hall–Kier alpha value is -2.01. The van der Waals surface area contributed by atoms with Gasteiger partial charge >= 0.3 is 0 Å². The van der Waals surface area contributed by atoms with Crippen LogP contribution in [0, 0.1) is 13.8 Å². The van der Waals surface area contributed by atoms with Crippen molar-refractivity contribution in [3.63, 3.8) is 0 Å². The average Bonchev–Trinajstić information content (AvgIpc) is 2.49. The minimum Gasteiger partial charge on any atom is -0.490 e. The van der Waals surface area contributed by atoms with E-state index in [1.165, 1.54) is 17.3 Å². The molecule has 5 heteroatoms. The Morgan fingerprint density at radius 2 is 1.82 bits per heavy atom. The number of halogens is 1. The van der Waals surface area contributed by atoms with Crippen molar-refractivity contribution in [3.8, 4) is 11.5 Å². The molecule has 116 valence electrons. The lowest BCUT2D eigenvalue weighted by molar-refractivity contribution is 0.216. The SMILES string of the molecule is Cc1ccc(OCCOc2ccc(C=NO)cc2Br)cc1C. The molecule has 2 aromatic rings. The Morgan fingerprint density at radius 1 is 1.05 bits per heavy atom. The number of ether oxygens (including phenoxy) is 2. The van der Waals surface area contributed by atoms with E-state index in [1.54, 1.807) is 0 Å². The van der Waals surface area contributed by atoms with Crippen molar-refractivity contribution in [1.29, 1.82) is 0 Å². The Bertz CT molecular complexity index is 671. The molecular formula is C17H18BrNO3. The van der Waals surface area contributed by atoms with Gasteiger partial charge in [0.2, 0.25) is 0 Å². The first-order valence-corrected chi connectivity index (χ1v) is 7.69. The molecule has 0 aliphatic heterocycles. The summed E-state index contributed by atoms with van der Waals surface area (Å²) in [7, 11) is 0. The van der Waals surface area contributed by atoms with Gasteiger partial charge in [0, 0.05) is 0 Å². The molecule has 0 bridgehead atoms. The van der Waals surface area contributed by atoms with E-state index < -0.39 is 0 Å². The smallest absolute Gasteiger partial charge is 0.133 e. The van der Waals surface area contributed by atoms with E-state index in [1.807, 2.05) is 36.4 Å². The largest absolute Gasteiger partial charge is 0.490 e. The van der Waals surface area contributed by atoms with E-state index in [9.17, 15) is 0 Å². The molecule has 0 amide bonds. The molecule has 0 aliphatic rings. The monoisotopic (exact) mass is 363 g/mol. The summed E-state index contributed by atoms with van der Waals surface area (Å²) >= 11 is 3.42. The molecule has 0 aromatic heterocycles. The number of aryl methyl sites for hydroxylation is 2. The molecule has 4 nitrogen and oxygen atoms in total. The quantitative estimate of drug-likeness (QED) is 0.359. The molecule has 0 unspecified atom stereocenters. The highest BCUT2D eigenvalue weighted by Gasteiger charge is 2.03. The summed E-state index contributed by atoms with van der Waals surface area (Å²) in [6.07, 6.45) is 1.36. The highest BCUT2D eigenvalue weighted by atomic mass is 79.9. The minimum absolute atomic E-state index is 0.443. The van der Waals surface area contributed by atoms with Crippen molar-refractivity contribution in [3.05, 3.63) is 57.6 Å². The Labute approximate surface area is 138 Å². The van der Waals surface area contributed by atoms with Crippen LogP contribution in [0.2, 0.25) is 0 Å². The Kier molecular flexibility index (Phi) is 5.83. The van der Waals surface area contributed by atoms with Crippen LogP contribution in [-0.2, 0) is 0 Å². The summed E-state index contributed by atoms with van der Waals surface area (Å²) in [4.78, 5) is 0. The van der Waals surface area contributed by atoms with Gasteiger partial charge in [-0.2, -0.15) is 0 Å². The second kappa shape index (κ2) is 7.84. The molecule has 22 heavy (non-hydrogen) atoms. The van der Waals surface area contributed by atoms with Gasteiger partial charge in [-0.3, -0.25) is 0 Å². The van der Waals surface area contributed by atoms with Crippen LogP contribution in [0.4, 0.5) is 0 Å². The fraction of sp³-hybridized carbons (Fsp3) is 0.235. The molecule has 0 saturated carbocycles. The Balaban J connectivity index is 1.84. The summed E-state index contributed by atoms with van der Waals surface area (Å²) in [5.74, 6) is 1.57. The second-order valence-electron chi connectivity index (χ2n) is 4.88. The van der Waals surface area contributed by atoms with Crippen LogP contribution in [0.3, 0.4) is 0 Å². The van der Waals surface area contributed by atoms with Crippen LogP contribution in [0.25, 0.3) is 0 Å². The fourth-order valence-electron chi connectivity index (χ4n) is 1.90. The van der Waals surface area contributed by atoms with Crippen molar-refractivity contribution in [1.82, 2.24) is 0 Å². The van der Waals surface area contributed by atoms with E-state index in [0.717, 1.165) is 21.5 Å². The molecule has 0 fully saturated rings. The third-order valence-electron chi connectivity index (χ3n) is 3.25. The van der Waals surface area contributed by atoms with Crippen LogP contribution in [0.15, 0.2) is 46.0 Å². The molecule has 1 N–H and O–H groups in total. The van der Waals surface area contributed by atoms with Crippen LogP contribution in [-0.4, -0.2) is 24.6 Å². The summed E-state index contributed by atoms with van der Waals surface area (Å²) in [5, 5.41) is 11.5. The van der Waals surface area contributed by atoms with Crippen LogP contribution >= 0.6 is 15.9 Å². The zero-order valence-corrected chi connectivity index (χ0v) is 14.1. The van der Waals surface area contributed by atoms with Gasteiger partial charge in [-0.15, -0.1) is 0 Å². The number of benzene rings is 2. The second-order valence-corrected chi connectivity index (χ2v) is 5.73. The lowest BCUT2D eigenvalue weighted by Crippen LogP contribution is -2.09. The van der Waals surface area contributed by atoms with Gasteiger partial charge in [-0.25, -0.2) is 0 Å². The first-order chi connectivity index (χ1) is 10.6. The predicted octanol–water partition coefficient (Wildman–Crippen LogP) is 4.33. The third kappa shape index (κ3) is 4.49. The van der Waals surface area contributed by atoms with Crippen molar-refractivity contribution in [2.75, 3.05) is 13.2 Å². The van der Waals surface area contributed by atoms with Gasteiger partial charge in [0.05, 0.1) is 10.7 Å². The lowest BCUT2D eigenvalue weighted by atomic mass is 10.1. The maximum Gasteiger partial charge on any atom is 0.133 e. The highest BCUT2D eigenvalue weighted by Crippen LogP contribution is 2.25. The maximum atomic E-state index is 8.50. The van der Waals surface area contributed by atoms with Crippen LogP contribution in [0.1, 0.15) is 16.7 Å². The zero-order valence-electron chi connectivity index (χ0n) is 12.5. The number of nitrogens with zero attached hydrogens (tertiary/aromatic N) is 1. The lowest BCUT2D eigenvalue weighted by Gasteiger charge is -2.11. The third-order valence-corrected chi connectivity index (χ3v) is 3.87. The van der Waals surface area contributed by atoms with Crippen molar-refractivity contribution < 1.29 is 14.7 Å². The van der Waals surface area contributed by atoms with Gasteiger partial charge < -0.3 is 14.7 Å². The summed E-state index contributed by atoms with van der Waals surface area (Å²) < 4.78 is 12.1. The summed E-state index contributed by atoms with van der Waals surface area (Å²) in [6, 6.07) is 11.5. The number of hydrogen-bond donors (Lipinski definition) is 1. The first kappa shape index (κ1) is 16.4. The number of rotatable bonds is 6. The van der Waals surface area contributed by atoms with Gasteiger partial charge in [0.1, 0.15) is 24.7 Å². The van der Waals surface area contributed by atoms with Gasteiger partial charge in [0.25, 0.3) is 0 Å². The van der Waals surface area contributed by atoms with Crippen LogP contribution < -0.4 is 9.47 Å². The molecule has 0 heterocycles. The van der Waals surface area contributed by atoms with Crippen molar-refractivity contribution >= 4 is 22.1 Å². The van der Waals surface area contributed by atoms with Gasteiger partial charge in [-0.1, -0.05) is 11.2 Å². The van der Waals surface area contributed by atoms with E-state index in [4.69, 9.17) is 14.7 Å². The Morgan fingerprint density at radius 3 is 2.50 bits per heavy atom. The molecule has 2 aromatic carbocycles. The average molecular weight is 364 g/mol. The highest BCUT2D eigenvalue weighted by molar-refractivity contribution is 9.10. The molecule has 0 radical (unpaired) electrons. The summed E-state index contributed by atoms with van der Waals surface area (Å²) in [5.41, 5.74) is 3.24. The standard InChI is InChI=1S/C17H18BrNO3/c1-12-3-5-15(9-13(12)2)21-7-8-22-17-6-4-14(11-19-20)10-16(17)18/h3-6,9-11,20H,7-8H2,1-2H3. The maximum absolute atomic E-state index is 8.50. The fourth-order valence-corrected chi connectivity index (χ4v) is 2.41. The van der Waals surface area contributed by atoms with Crippen molar-refractivity contribution in [2.24, 2.45) is 5.16 Å². The first-order valence-electron chi connectivity index (χ1n) is 6.90. The summed E-state index contributed by atoms with van der Waals surface area (Å²) in [6.45, 7) is 5.05. The van der Waals surface area contributed by atoms with Gasteiger partial charge in [0.15, 0.2) is 0 Å². The van der Waals surface area contributed by atoms with E-state index >= 15 is 0 Å². The molecule has 2 rings (SSSR count). The topological polar surface area (TPSA) is 51.0 Å². The van der Waals surface area contributed by atoms with Crippen molar-refractivity contribution in [2.45, 2.75) is 13.8 Å². The van der Waals surface area contributed by atoms with E-state index in [0.29, 0.717) is 13.2 Å². The molecule has 0 atom stereocenters. The van der Waals surface area contributed by atoms with Crippen LogP contribution in [0.5, 0.6) is 11.5 Å². The zero-order chi connectivity index (χ0) is 15.9. The predicted molar refractivity (Wildman–Crippen MR) is 90.4 cm³/mol. The molecule has 0 spiro atoms. The van der Waals surface area contributed by atoms with Gasteiger partial charge in [-0.05, 0) is 76.8 Å². The van der Waals surface area contributed by atoms with E-state index in [-0.39, 0.29) is 0 Å².